The molecule has 124 valence electrons. The molecular weight excluding hydrogens is 264 g/mol. The molecular formula is C16H34N4O. The molecule has 1 amide bonds. The summed E-state index contributed by atoms with van der Waals surface area (Å²) in [6.45, 7) is 9.00. The Labute approximate surface area is 130 Å². The maximum absolute atomic E-state index is 12.6. The van der Waals surface area contributed by atoms with E-state index < -0.39 is 0 Å². The van der Waals surface area contributed by atoms with Crippen LogP contribution in [0.3, 0.4) is 0 Å². The molecule has 1 fully saturated rings. The first-order chi connectivity index (χ1) is 9.90. The van der Waals surface area contributed by atoms with Crippen molar-refractivity contribution < 1.29 is 4.79 Å². The van der Waals surface area contributed by atoms with Crippen molar-refractivity contribution in [2.75, 3.05) is 53.9 Å². The number of piperidine rings is 1. The Morgan fingerprint density at radius 1 is 1.24 bits per heavy atom. The summed E-state index contributed by atoms with van der Waals surface area (Å²) in [6, 6.07) is 0.865. The zero-order valence-corrected chi connectivity index (χ0v) is 14.6. The van der Waals surface area contributed by atoms with Gasteiger partial charge in [0.05, 0.1) is 0 Å². The van der Waals surface area contributed by atoms with Gasteiger partial charge in [-0.05, 0) is 47.1 Å². The number of hydrogen-bond donors (Lipinski definition) is 1. The lowest BCUT2D eigenvalue weighted by molar-refractivity contribution is -0.134. The minimum absolute atomic E-state index is 0.305. The molecule has 1 N–H and O–H groups in total. The van der Waals surface area contributed by atoms with Crippen LogP contribution >= 0.6 is 0 Å². The highest BCUT2D eigenvalue weighted by Gasteiger charge is 2.26. The third-order valence-corrected chi connectivity index (χ3v) is 4.13. The van der Waals surface area contributed by atoms with E-state index in [1.807, 2.05) is 0 Å². The highest BCUT2D eigenvalue weighted by molar-refractivity contribution is 5.76. The van der Waals surface area contributed by atoms with Gasteiger partial charge in [-0.1, -0.05) is 13.8 Å². The average molecular weight is 298 g/mol. The van der Waals surface area contributed by atoms with E-state index in [9.17, 15) is 4.79 Å². The molecule has 0 bridgehead atoms. The van der Waals surface area contributed by atoms with Crippen molar-refractivity contribution in [3.8, 4) is 0 Å². The Morgan fingerprint density at radius 2 is 1.86 bits per heavy atom. The van der Waals surface area contributed by atoms with Crippen LogP contribution in [0.5, 0.6) is 0 Å². The van der Waals surface area contributed by atoms with Gasteiger partial charge in [0.1, 0.15) is 0 Å². The zero-order chi connectivity index (χ0) is 15.8. The molecule has 1 aliphatic rings. The second-order valence-corrected chi connectivity index (χ2v) is 6.78. The topological polar surface area (TPSA) is 38.8 Å². The minimum atomic E-state index is 0.305. The van der Waals surface area contributed by atoms with E-state index in [0.29, 0.717) is 24.4 Å². The fourth-order valence-corrected chi connectivity index (χ4v) is 2.74. The molecule has 0 aromatic rings. The molecule has 0 aromatic carbocycles. The van der Waals surface area contributed by atoms with E-state index in [0.717, 1.165) is 45.6 Å². The second-order valence-electron chi connectivity index (χ2n) is 6.78. The number of carbonyl (C=O) groups is 1. The van der Waals surface area contributed by atoms with Crippen molar-refractivity contribution in [1.29, 1.82) is 0 Å². The van der Waals surface area contributed by atoms with Gasteiger partial charge >= 0.3 is 0 Å². The molecule has 21 heavy (non-hydrogen) atoms. The first kappa shape index (κ1) is 18.4. The van der Waals surface area contributed by atoms with Crippen molar-refractivity contribution in [2.24, 2.45) is 0 Å². The van der Waals surface area contributed by atoms with Gasteiger partial charge in [0.25, 0.3) is 0 Å². The van der Waals surface area contributed by atoms with Crippen molar-refractivity contribution >= 4 is 5.91 Å². The van der Waals surface area contributed by atoms with Crippen molar-refractivity contribution in [2.45, 2.75) is 45.2 Å². The number of nitrogens with one attached hydrogen (secondary N) is 1. The summed E-state index contributed by atoms with van der Waals surface area (Å²) in [6.07, 6.45) is 2.82. The molecule has 5 heteroatoms. The predicted octanol–water partition coefficient (Wildman–Crippen LogP) is 0.859. The van der Waals surface area contributed by atoms with Crippen LogP contribution in [0.25, 0.3) is 0 Å². The molecule has 1 saturated heterocycles. The van der Waals surface area contributed by atoms with Gasteiger partial charge in [0.2, 0.25) is 5.91 Å². The summed E-state index contributed by atoms with van der Waals surface area (Å²) in [5.41, 5.74) is 0. The maximum Gasteiger partial charge on any atom is 0.224 e. The first-order valence-electron chi connectivity index (χ1n) is 8.26. The molecule has 0 atom stereocenters. The quantitative estimate of drug-likeness (QED) is 0.721. The number of rotatable bonds is 8. The SMILES string of the molecule is CC(C)NCCC(=O)N(CCN(C)C)C1CCN(C)CC1. The van der Waals surface area contributed by atoms with Crippen LogP contribution < -0.4 is 5.32 Å². The van der Waals surface area contributed by atoms with Gasteiger partial charge in [-0.2, -0.15) is 0 Å². The van der Waals surface area contributed by atoms with Crippen LogP contribution in [0.1, 0.15) is 33.1 Å². The Balaban J connectivity index is 2.52. The summed E-state index contributed by atoms with van der Waals surface area (Å²) < 4.78 is 0. The van der Waals surface area contributed by atoms with Crippen LogP contribution in [0.4, 0.5) is 0 Å². The molecule has 1 heterocycles. The molecule has 0 aromatic heterocycles. The molecule has 0 radical (unpaired) electrons. The zero-order valence-electron chi connectivity index (χ0n) is 14.6. The Morgan fingerprint density at radius 3 is 2.38 bits per heavy atom. The van der Waals surface area contributed by atoms with Crippen molar-refractivity contribution in [3.05, 3.63) is 0 Å². The first-order valence-corrected chi connectivity index (χ1v) is 8.26. The maximum atomic E-state index is 12.6. The smallest absolute Gasteiger partial charge is 0.224 e. The van der Waals surface area contributed by atoms with Gasteiger partial charge in [-0.25, -0.2) is 0 Å². The third-order valence-electron chi connectivity index (χ3n) is 4.13. The standard InChI is InChI=1S/C16H34N4O/c1-14(2)17-9-6-16(21)20(13-12-18(3)4)15-7-10-19(5)11-8-15/h14-15,17H,6-13H2,1-5H3. The predicted molar refractivity (Wildman–Crippen MR) is 88.5 cm³/mol. The lowest BCUT2D eigenvalue weighted by Gasteiger charge is -2.38. The lowest BCUT2D eigenvalue weighted by Crippen LogP contribution is -2.49. The highest BCUT2D eigenvalue weighted by atomic mass is 16.2. The van der Waals surface area contributed by atoms with Crippen LogP contribution in [0, 0.1) is 0 Å². The van der Waals surface area contributed by atoms with Gasteiger partial charge in [-0.3, -0.25) is 4.79 Å². The Hall–Kier alpha value is -0.650. The van der Waals surface area contributed by atoms with Crippen LogP contribution in [0.2, 0.25) is 0 Å². The summed E-state index contributed by atoms with van der Waals surface area (Å²) in [4.78, 5) is 19.2. The van der Waals surface area contributed by atoms with Gasteiger partial charge in [0.15, 0.2) is 0 Å². The fourth-order valence-electron chi connectivity index (χ4n) is 2.74. The number of amides is 1. The number of likely N-dealkylation sites (tertiary alicyclic amines) is 1. The molecule has 0 aliphatic carbocycles. The van der Waals surface area contributed by atoms with Crippen LogP contribution in [0.15, 0.2) is 0 Å². The molecule has 0 saturated carbocycles. The van der Waals surface area contributed by atoms with E-state index in [-0.39, 0.29) is 0 Å². The number of hydrogen-bond acceptors (Lipinski definition) is 4. The molecule has 0 spiro atoms. The number of carbonyl (C=O) groups excluding carboxylic acids is 1. The van der Waals surface area contributed by atoms with Gasteiger partial charge < -0.3 is 20.0 Å². The van der Waals surface area contributed by atoms with E-state index in [2.05, 4.69) is 55.0 Å². The van der Waals surface area contributed by atoms with Crippen LogP contribution in [-0.4, -0.2) is 86.6 Å². The van der Waals surface area contributed by atoms with Gasteiger partial charge in [-0.15, -0.1) is 0 Å². The van der Waals surface area contributed by atoms with Crippen molar-refractivity contribution in [1.82, 2.24) is 20.0 Å². The van der Waals surface area contributed by atoms with Crippen molar-refractivity contribution in [3.63, 3.8) is 0 Å². The summed E-state index contributed by atoms with van der Waals surface area (Å²) >= 11 is 0. The Kier molecular flexibility index (Phi) is 8.22. The second kappa shape index (κ2) is 9.38. The number of nitrogens with zero attached hydrogens (tertiary/aromatic N) is 3. The molecule has 1 rings (SSSR count). The molecule has 5 nitrogen and oxygen atoms in total. The van der Waals surface area contributed by atoms with E-state index >= 15 is 0 Å². The van der Waals surface area contributed by atoms with E-state index in [1.165, 1.54) is 0 Å². The lowest BCUT2D eigenvalue weighted by atomic mass is 10.0. The third kappa shape index (κ3) is 7.25. The Bertz CT molecular complexity index is 299. The van der Waals surface area contributed by atoms with Gasteiger partial charge in [0, 0.05) is 38.1 Å². The van der Waals surface area contributed by atoms with E-state index in [4.69, 9.17) is 0 Å². The molecule has 0 unspecified atom stereocenters. The monoisotopic (exact) mass is 298 g/mol. The summed E-state index contributed by atoms with van der Waals surface area (Å²) in [5, 5.41) is 3.34. The summed E-state index contributed by atoms with van der Waals surface area (Å²) in [7, 11) is 6.30. The normalized spacial score (nSPS) is 17.7. The molecule has 1 aliphatic heterocycles. The highest BCUT2D eigenvalue weighted by Crippen LogP contribution is 2.16. The fraction of sp³-hybridized carbons (Fsp3) is 0.938. The average Bonchev–Trinajstić information content (AvgIpc) is 2.40. The van der Waals surface area contributed by atoms with E-state index in [1.54, 1.807) is 0 Å². The minimum Gasteiger partial charge on any atom is -0.338 e. The summed E-state index contributed by atoms with van der Waals surface area (Å²) in [5.74, 6) is 0.305. The largest absolute Gasteiger partial charge is 0.338 e. The van der Waals surface area contributed by atoms with Crippen LogP contribution in [-0.2, 0) is 4.79 Å². The number of likely N-dealkylation sites (N-methyl/N-ethyl adjacent to an activating group) is 1.